The van der Waals surface area contributed by atoms with Gasteiger partial charge in [-0.05, 0) is 36.4 Å². The van der Waals surface area contributed by atoms with Crippen LogP contribution < -0.4 is 5.32 Å². The maximum atomic E-state index is 11.5. The summed E-state index contributed by atoms with van der Waals surface area (Å²) in [5.74, 6) is -0.391. The minimum Gasteiger partial charge on any atom is -0.465 e. The normalized spacial score (nSPS) is 10.9. The van der Waals surface area contributed by atoms with E-state index in [1.165, 1.54) is 18.4 Å². The van der Waals surface area contributed by atoms with Crippen LogP contribution in [0.1, 0.15) is 15.4 Å². The highest BCUT2D eigenvalue weighted by molar-refractivity contribution is 9.10. The van der Waals surface area contributed by atoms with Gasteiger partial charge in [-0.2, -0.15) is 5.26 Å². The number of thiazole rings is 1. The Balaban J connectivity index is 1.76. The number of hydrogen-bond acceptors (Lipinski definition) is 6. The van der Waals surface area contributed by atoms with Crippen molar-refractivity contribution in [2.75, 3.05) is 12.4 Å². The SMILES string of the molecule is COC(=O)c1ccc(N/C=C(\C#N)c2nc(-c3ccc(Br)cc3)cs2)cc1. The van der Waals surface area contributed by atoms with E-state index < -0.39 is 5.97 Å². The van der Waals surface area contributed by atoms with Crippen LogP contribution in [0.3, 0.4) is 0 Å². The number of nitriles is 1. The quantitative estimate of drug-likeness (QED) is 0.429. The van der Waals surface area contributed by atoms with Crippen LogP contribution in [0.5, 0.6) is 0 Å². The molecule has 0 spiro atoms. The summed E-state index contributed by atoms with van der Waals surface area (Å²) in [5.41, 5.74) is 3.46. The van der Waals surface area contributed by atoms with Crippen molar-refractivity contribution in [3.8, 4) is 17.3 Å². The molecule has 0 amide bonds. The average Bonchev–Trinajstić information content (AvgIpc) is 3.19. The van der Waals surface area contributed by atoms with Crippen molar-refractivity contribution in [1.82, 2.24) is 4.98 Å². The van der Waals surface area contributed by atoms with Gasteiger partial charge in [0.15, 0.2) is 0 Å². The molecule has 134 valence electrons. The second-order valence-electron chi connectivity index (χ2n) is 5.43. The lowest BCUT2D eigenvalue weighted by Crippen LogP contribution is -2.00. The van der Waals surface area contributed by atoms with Crippen molar-refractivity contribution < 1.29 is 9.53 Å². The number of carbonyl (C=O) groups is 1. The lowest BCUT2D eigenvalue weighted by atomic mass is 10.2. The minimum absolute atomic E-state index is 0.391. The van der Waals surface area contributed by atoms with Crippen molar-refractivity contribution in [3.63, 3.8) is 0 Å². The number of ether oxygens (including phenoxy) is 1. The van der Waals surface area contributed by atoms with Gasteiger partial charge in [-0.3, -0.25) is 0 Å². The van der Waals surface area contributed by atoms with E-state index in [2.05, 4.69) is 37.0 Å². The van der Waals surface area contributed by atoms with E-state index in [1.807, 2.05) is 29.6 Å². The Labute approximate surface area is 169 Å². The van der Waals surface area contributed by atoms with Gasteiger partial charge in [0, 0.05) is 27.3 Å². The van der Waals surface area contributed by atoms with Gasteiger partial charge in [-0.15, -0.1) is 11.3 Å². The van der Waals surface area contributed by atoms with Crippen LogP contribution >= 0.6 is 27.3 Å². The average molecular weight is 440 g/mol. The smallest absolute Gasteiger partial charge is 0.337 e. The zero-order chi connectivity index (χ0) is 19.2. The number of benzene rings is 2. The number of nitrogens with zero attached hydrogens (tertiary/aromatic N) is 2. The van der Waals surface area contributed by atoms with Gasteiger partial charge in [-0.1, -0.05) is 28.1 Å². The number of carbonyl (C=O) groups excluding carboxylic acids is 1. The number of esters is 1. The molecule has 2 aromatic carbocycles. The van der Waals surface area contributed by atoms with Crippen LogP contribution in [0.2, 0.25) is 0 Å². The van der Waals surface area contributed by atoms with Crippen LogP contribution in [0.15, 0.2) is 64.6 Å². The van der Waals surface area contributed by atoms with Crippen molar-refractivity contribution in [2.24, 2.45) is 0 Å². The number of halogens is 1. The summed E-state index contributed by atoms with van der Waals surface area (Å²) in [5, 5.41) is 15.1. The van der Waals surface area contributed by atoms with Crippen molar-refractivity contribution in [3.05, 3.63) is 75.2 Å². The second kappa shape index (κ2) is 8.62. The fourth-order valence-corrected chi connectivity index (χ4v) is 3.33. The largest absolute Gasteiger partial charge is 0.465 e. The predicted octanol–water partition coefficient (Wildman–Crippen LogP) is 5.34. The molecule has 0 saturated carbocycles. The molecule has 0 aliphatic heterocycles. The first-order valence-corrected chi connectivity index (χ1v) is 9.55. The summed E-state index contributed by atoms with van der Waals surface area (Å²) in [6.45, 7) is 0. The third-order valence-corrected chi connectivity index (χ3v) is 5.09. The maximum Gasteiger partial charge on any atom is 0.337 e. The van der Waals surface area contributed by atoms with Gasteiger partial charge in [0.05, 0.1) is 18.4 Å². The summed E-state index contributed by atoms with van der Waals surface area (Å²) in [6, 6.07) is 16.8. The van der Waals surface area contributed by atoms with Crippen LogP contribution in [0.4, 0.5) is 5.69 Å². The van der Waals surface area contributed by atoms with E-state index in [0.717, 1.165) is 21.4 Å². The number of rotatable bonds is 5. The Kier molecular flexibility index (Phi) is 6.01. The zero-order valence-corrected chi connectivity index (χ0v) is 16.7. The maximum absolute atomic E-state index is 11.5. The summed E-state index contributed by atoms with van der Waals surface area (Å²) in [4.78, 5) is 16.0. The van der Waals surface area contributed by atoms with E-state index in [0.29, 0.717) is 16.1 Å². The van der Waals surface area contributed by atoms with Crippen LogP contribution in [0, 0.1) is 11.3 Å². The Bertz CT molecular complexity index is 1020. The first-order valence-electron chi connectivity index (χ1n) is 7.87. The molecule has 27 heavy (non-hydrogen) atoms. The molecule has 0 unspecified atom stereocenters. The second-order valence-corrected chi connectivity index (χ2v) is 7.20. The molecule has 0 saturated heterocycles. The number of anilines is 1. The van der Waals surface area contributed by atoms with Crippen molar-refractivity contribution >= 4 is 44.5 Å². The molecule has 3 aromatic rings. The van der Waals surface area contributed by atoms with Crippen LogP contribution in [-0.2, 0) is 4.74 Å². The Morgan fingerprint density at radius 2 is 1.93 bits per heavy atom. The fourth-order valence-electron chi connectivity index (χ4n) is 2.27. The molecule has 0 aliphatic carbocycles. The van der Waals surface area contributed by atoms with E-state index in [1.54, 1.807) is 30.5 Å². The number of hydrogen-bond donors (Lipinski definition) is 1. The highest BCUT2D eigenvalue weighted by atomic mass is 79.9. The van der Waals surface area contributed by atoms with Crippen LogP contribution in [0.25, 0.3) is 16.8 Å². The number of nitrogens with one attached hydrogen (secondary N) is 1. The fraction of sp³-hybridized carbons (Fsp3) is 0.0500. The van der Waals surface area contributed by atoms with Gasteiger partial charge in [-0.25, -0.2) is 9.78 Å². The molecule has 0 bridgehead atoms. The molecule has 7 heteroatoms. The molecular weight excluding hydrogens is 426 g/mol. The predicted molar refractivity (Wildman–Crippen MR) is 110 cm³/mol. The number of allylic oxidation sites excluding steroid dienone is 1. The Hall–Kier alpha value is -2.95. The highest BCUT2D eigenvalue weighted by Crippen LogP contribution is 2.27. The molecule has 0 fully saturated rings. The van der Waals surface area contributed by atoms with Gasteiger partial charge < -0.3 is 10.1 Å². The summed E-state index contributed by atoms with van der Waals surface area (Å²) in [7, 11) is 1.34. The standard InChI is InChI=1S/C20H14BrN3O2S/c1-26-20(25)14-4-8-17(9-5-14)23-11-15(10-22)19-24-18(12-27-19)13-2-6-16(21)7-3-13/h2-9,11-12,23H,1H3/b15-11+. The topological polar surface area (TPSA) is 75.0 Å². The van der Waals surface area contributed by atoms with Gasteiger partial charge in [0.25, 0.3) is 0 Å². The first kappa shape index (κ1) is 18.8. The molecule has 3 rings (SSSR count). The Morgan fingerprint density at radius 1 is 1.22 bits per heavy atom. The third kappa shape index (κ3) is 4.61. The molecule has 0 radical (unpaired) electrons. The van der Waals surface area contributed by atoms with E-state index in [4.69, 9.17) is 0 Å². The molecule has 0 atom stereocenters. The van der Waals surface area contributed by atoms with Gasteiger partial charge in [0.2, 0.25) is 0 Å². The first-order chi connectivity index (χ1) is 13.1. The minimum atomic E-state index is -0.391. The van der Waals surface area contributed by atoms with E-state index >= 15 is 0 Å². The van der Waals surface area contributed by atoms with Gasteiger partial charge >= 0.3 is 5.97 Å². The molecule has 1 N–H and O–H groups in total. The number of aromatic nitrogens is 1. The summed E-state index contributed by atoms with van der Waals surface area (Å²) >= 11 is 4.82. The number of methoxy groups -OCH3 is 1. The van der Waals surface area contributed by atoms with E-state index in [-0.39, 0.29) is 0 Å². The Morgan fingerprint density at radius 3 is 2.56 bits per heavy atom. The molecule has 0 aliphatic rings. The third-order valence-electron chi connectivity index (χ3n) is 3.68. The van der Waals surface area contributed by atoms with Crippen molar-refractivity contribution in [1.29, 1.82) is 5.26 Å². The lowest BCUT2D eigenvalue weighted by molar-refractivity contribution is 0.0601. The highest BCUT2D eigenvalue weighted by Gasteiger charge is 2.09. The van der Waals surface area contributed by atoms with Crippen LogP contribution in [-0.4, -0.2) is 18.1 Å². The lowest BCUT2D eigenvalue weighted by Gasteiger charge is -2.03. The molecule has 1 aromatic heterocycles. The summed E-state index contributed by atoms with van der Waals surface area (Å²) in [6.07, 6.45) is 1.61. The zero-order valence-electron chi connectivity index (χ0n) is 14.3. The molecule has 5 nitrogen and oxygen atoms in total. The van der Waals surface area contributed by atoms with E-state index in [9.17, 15) is 10.1 Å². The van der Waals surface area contributed by atoms with Gasteiger partial charge in [0.1, 0.15) is 16.6 Å². The summed E-state index contributed by atoms with van der Waals surface area (Å²) < 4.78 is 5.67. The van der Waals surface area contributed by atoms with Crippen molar-refractivity contribution in [2.45, 2.75) is 0 Å². The monoisotopic (exact) mass is 439 g/mol. The molecular formula is C20H14BrN3O2S. The molecule has 1 heterocycles.